The molecule has 1 unspecified atom stereocenters. The lowest BCUT2D eigenvalue weighted by atomic mass is 9.82. The maximum atomic E-state index is 13.1. The predicted molar refractivity (Wildman–Crippen MR) is 169 cm³/mol. The van der Waals surface area contributed by atoms with Crippen LogP contribution in [0.1, 0.15) is 83.3 Å². The van der Waals surface area contributed by atoms with Crippen molar-refractivity contribution in [2.45, 2.75) is 102 Å². The van der Waals surface area contributed by atoms with Gasteiger partial charge in [0.05, 0.1) is 42.5 Å². The van der Waals surface area contributed by atoms with Gasteiger partial charge in [-0.3, -0.25) is 14.6 Å². The summed E-state index contributed by atoms with van der Waals surface area (Å²) in [6, 6.07) is 18.0. The van der Waals surface area contributed by atoms with Gasteiger partial charge in [0.25, 0.3) is 0 Å². The van der Waals surface area contributed by atoms with Crippen molar-refractivity contribution in [2.75, 3.05) is 7.11 Å². The molecule has 2 N–H and O–H groups in total. The number of rotatable bonds is 8. The van der Waals surface area contributed by atoms with Crippen molar-refractivity contribution in [3.8, 4) is 0 Å². The summed E-state index contributed by atoms with van der Waals surface area (Å²) in [7, 11) is 1.14. The largest absolute Gasteiger partial charge is 0.481 e. The summed E-state index contributed by atoms with van der Waals surface area (Å²) in [4.78, 5) is 39.8. The second kappa shape index (κ2) is 15.6. The molecule has 49 heavy (non-hydrogen) atoms. The fourth-order valence-electron chi connectivity index (χ4n) is 6.45. The number of carbonyl (C=O) groups excluding carboxylic acids is 2. The number of methoxy groups -OCH3 is 1. The van der Waals surface area contributed by atoms with Crippen LogP contribution in [0.15, 0.2) is 65.7 Å². The van der Waals surface area contributed by atoms with Gasteiger partial charge in [0.2, 0.25) is 0 Å². The number of hydrogen-bond acceptors (Lipinski definition) is 6. The van der Waals surface area contributed by atoms with E-state index < -0.39 is 65.7 Å². The number of alkyl halides is 6. The van der Waals surface area contributed by atoms with Crippen molar-refractivity contribution in [3.63, 3.8) is 0 Å². The van der Waals surface area contributed by atoms with Crippen LogP contribution in [0, 0.1) is 10.8 Å². The second-order valence-electron chi connectivity index (χ2n) is 13.6. The molecule has 2 saturated carbocycles. The summed E-state index contributed by atoms with van der Waals surface area (Å²) in [5, 5.41) is 11.6. The zero-order valence-corrected chi connectivity index (χ0v) is 27.8. The number of carboxylic acid groups (broad SMARTS) is 1. The first kappa shape index (κ1) is 39.3. The summed E-state index contributed by atoms with van der Waals surface area (Å²) in [5.74, 6) is -2.28. The number of esters is 1. The Labute approximate surface area is 281 Å². The number of aliphatic carboxylic acids is 1. The number of alkyl carbamates (subject to hydrolysis) is 1. The maximum Gasteiger partial charge on any atom is 0.407 e. The number of halogens is 6. The molecule has 0 aromatic heterocycles. The molecule has 8 nitrogen and oxygen atoms in total. The normalized spacial score (nSPS) is 23.9. The number of carbonyl (C=O) groups is 3. The SMILES string of the molecule is CC(C)(C)OC(=O)N[C@@H]1CC[C@](CC(F)(F)F)(C(=O)O)C1.COC(=O)C1(CC(F)(F)F)CC[C@@H](N=C(c2ccccc2)c2ccccc2)C1. The van der Waals surface area contributed by atoms with E-state index in [1.807, 2.05) is 60.7 Å². The molecule has 0 spiro atoms. The highest BCUT2D eigenvalue weighted by atomic mass is 19.4. The molecule has 4 rings (SSSR count). The van der Waals surface area contributed by atoms with Gasteiger partial charge in [0.15, 0.2) is 0 Å². The topological polar surface area (TPSA) is 114 Å². The highest BCUT2D eigenvalue weighted by molar-refractivity contribution is 6.13. The van der Waals surface area contributed by atoms with E-state index in [2.05, 4.69) is 5.32 Å². The lowest BCUT2D eigenvalue weighted by Gasteiger charge is -2.27. The lowest BCUT2D eigenvalue weighted by molar-refractivity contribution is -0.180. The zero-order chi connectivity index (χ0) is 36.7. The molecule has 0 aliphatic heterocycles. The van der Waals surface area contributed by atoms with E-state index in [9.17, 15) is 40.7 Å². The van der Waals surface area contributed by atoms with Crippen LogP contribution >= 0.6 is 0 Å². The standard InChI is InChI=1S/C22H22F3NO2.C13H20F3NO4/c1-28-20(27)21(15-22(23,24)25)13-12-18(14-21)26-19(16-8-4-2-5-9-16)17-10-6-3-7-11-17;1-11(2,3)21-10(20)17-8-4-5-12(6-8,9(18)19)7-13(14,15)16/h2-11,18H,12-15H2,1H3;8H,4-7H2,1-3H3,(H,17,20)(H,18,19)/t18-,21?;8-,12+/m11/s1. The highest BCUT2D eigenvalue weighted by Crippen LogP contribution is 2.48. The van der Waals surface area contributed by atoms with Gasteiger partial charge in [-0.1, -0.05) is 60.7 Å². The van der Waals surface area contributed by atoms with Crippen LogP contribution in [0.5, 0.6) is 0 Å². The number of aliphatic imine (C=N–C) groups is 1. The smallest absolute Gasteiger partial charge is 0.407 e. The fraction of sp³-hybridized carbons (Fsp3) is 0.543. The molecule has 4 atom stereocenters. The Balaban J connectivity index is 0.000000278. The first-order chi connectivity index (χ1) is 22.7. The van der Waals surface area contributed by atoms with Gasteiger partial charge < -0.3 is 19.9 Å². The van der Waals surface area contributed by atoms with Crippen LogP contribution in [-0.2, 0) is 19.1 Å². The highest BCUT2D eigenvalue weighted by Gasteiger charge is 2.54. The average Bonchev–Trinajstić information content (AvgIpc) is 3.58. The molecular formula is C35H42F6N2O6. The maximum absolute atomic E-state index is 13.1. The van der Waals surface area contributed by atoms with Crippen LogP contribution < -0.4 is 5.32 Å². The molecule has 0 bridgehead atoms. The molecule has 0 radical (unpaired) electrons. The van der Waals surface area contributed by atoms with Gasteiger partial charge in [0, 0.05) is 17.2 Å². The van der Waals surface area contributed by atoms with Crippen LogP contribution in [0.4, 0.5) is 31.1 Å². The minimum atomic E-state index is -4.56. The van der Waals surface area contributed by atoms with Crippen molar-refractivity contribution in [1.29, 1.82) is 0 Å². The molecule has 2 fully saturated rings. The number of nitrogens with zero attached hydrogens (tertiary/aromatic N) is 1. The fourth-order valence-corrected chi connectivity index (χ4v) is 6.45. The molecule has 1 amide bonds. The summed E-state index contributed by atoms with van der Waals surface area (Å²) in [6.45, 7) is 4.98. The number of amides is 1. The number of ether oxygens (including phenoxy) is 2. The van der Waals surface area contributed by atoms with Gasteiger partial charge >= 0.3 is 30.4 Å². The van der Waals surface area contributed by atoms with E-state index in [1.54, 1.807) is 20.8 Å². The van der Waals surface area contributed by atoms with E-state index >= 15 is 0 Å². The molecule has 2 aromatic carbocycles. The van der Waals surface area contributed by atoms with Crippen LogP contribution in [0.25, 0.3) is 0 Å². The summed E-state index contributed by atoms with van der Waals surface area (Å²) in [5.41, 5.74) is -1.64. The summed E-state index contributed by atoms with van der Waals surface area (Å²) < 4.78 is 86.8. The molecule has 0 heterocycles. The predicted octanol–water partition coefficient (Wildman–Crippen LogP) is 8.28. The van der Waals surface area contributed by atoms with E-state index in [1.165, 1.54) is 0 Å². The third-order valence-corrected chi connectivity index (χ3v) is 8.47. The van der Waals surface area contributed by atoms with Crippen LogP contribution in [-0.4, -0.2) is 66.0 Å². The molecule has 270 valence electrons. The van der Waals surface area contributed by atoms with Crippen LogP contribution in [0.2, 0.25) is 0 Å². The Hall–Kier alpha value is -4.10. The Bertz CT molecular complexity index is 1420. The molecule has 2 aliphatic carbocycles. The van der Waals surface area contributed by atoms with Crippen molar-refractivity contribution in [1.82, 2.24) is 5.32 Å². The van der Waals surface area contributed by atoms with E-state index in [-0.39, 0.29) is 38.1 Å². The van der Waals surface area contributed by atoms with E-state index in [0.717, 1.165) is 23.9 Å². The molecule has 2 aromatic rings. The first-order valence-electron chi connectivity index (χ1n) is 15.8. The molecule has 14 heteroatoms. The van der Waals surface area contributed by atoms with Gasteiger partial charge in [-0.15, -0.1) is 0 Å². The van der Waals surface area contributed by atoms with Crippen molar-refractivity contribution in [2.24, 2.45) is 15.8 Å². The Morgan fingerprint density at radius 1 is 0.816 bits per heavy atom. The second-order valence-corrected chi connectivity index (χ2v) is 13.6. The van der Waals surface area contributed by atoms with Gasteiger partial charge in [0.1, 0.15) is 5.60 Å². The lowest BCUT2D eigenvalue weighted by Crippen LogP contribution is -2.40. The third kappa shape index (κ3) is 11.8. The van der Waals surface area contributed by atoms with Crippen molar-refractivity contribution >= 4 is 23.7 Å². The Kier molecular flexibility index (Phi) is 12.5. The summed E-state index contributed by atoms with van der Waals surface area (Å²) in [6.07, 6.45) is -11.9. The van der Waals surface area contributed by atoms with E-state index in [0.29, 0.717) is 6.42 Å². The molecule has 0 saturated heterocycles. The molecule has 2 aliphatic rings. The van der Waals surface area contributed by atoms with Gasteiger partial charge in [-0.05, 0) is 59.3 Å². The van der Waals surface area contributed by atoms with E-state index in [4.69, 9.17) is 19.6 Å². The minimum absolute atomic E-state index is 0.0301. The summed E-state index contributed by atoms with van der Waals surface area (Å²) >= 11 is 0. The number of hydrogen-bond donors (Lipinski definition) is 2. The Morgan fingerprint density at radius 2 is 1.31 bits per heavy atom. The van der Waals surface area contributed by atoms with Gasteiger partial charge in [-0.2, -0.15) is 26.3 Å². The van der Waals surface area contributed by atoms with Crippen molar-refractivity contribution in [3.05, 3.63) is 71.8 Å². The zero-order valence-electron chi connectivity index (χ0n) is 27.8. The average molecular weight is 701 g/mol. The van der Waals surface area contributed by atoms with Gasteiger partial charge in [-0.25, -0.2) is 4.79 Å². The number of carboxylic acids is 1. The monoisotopic (exact) mass is 700 g/mol. The van der Waals surface area contributed by atoms with Crippen LogP contribution in [0.3, 0.4) is 0 Å². The first-order valence-corrected chi connectivity index (χ1v) is 15.8. The number of nitrogens with one attached hydrogen (secondary N) is 1. The Morgan fingerprint density at radius 3 is 1.76 bits per heavy atom. The quantitative estimate of drug-likeness (QED) is 0.163. The minimum Gasteiger partial charge on any atom is -0.481 e. The number of benzene rings is 2. The van der Waals surface area contributed by atoms with Crippen molar-refractivity contribution < 1.29 is 55.3 Å². The molecular weight excluding hydrogens is 658 g/mol. The third-order valence-electron chi connectivity index (χ3n) is 8.47.